The highest BCUT2D eigenvalue weighted by atomic mass is 19.1. The van der Waals surface area contributed by atoms with Gasteiger partial charge in [0.1, 0.15) is 19.0 Å². The van der Waals surface area contributed by atoms with Crippen molar-refractivity contribution in [3.63, 3.8) is 0 Å². The highest BCUT2D eigenvalue weighted by molar-refractivity contribution is 5.94. The van der Waals surface area contributed by atoms with Gasteiger partial charge in [0, 0.05) is 19.2 Å². The van der Waals surface area contributed by atoms with Gasteiger partial charge in [-0.2, -0.15) is 10.2 Å². The molecule has 23 heavy (non-hydrogen) atoms. The van der Waals surface area contributed by atoms with Crippen molar-refractivity contribution in [3.05, 3.63) is 46.9 Å². The summed E-state index contributed by atoms with van der Waals surface area (Å²) in [6, 6.07) is 5.33. The van der Waals surface area contributed by atoms with E-state index in [1.165, 1.54) is 18.1 Å². The third kappa shape index (κ3) is 4.11. The first kappa shape index (κ1) is 16.6. The number of carbonyl (C=O) groups is 1. The number of benzene rings is 1. The molecule has 1 aromatic heterocycles. The molecule has 0 radical (unpaired) electrons. The Morgan fingerprint density at radius 1 is 1.48 bits per heavy atom. The van der Waals surface area contributed by atoms with Gasteiger partial charge < -0.3 is 14.2 Å². The molecule has 1 amide bonds. The molecule has 1 heterocycles. The standard InChI is InChI=1S/C15H15FN4O3/c1-3-20(8-14-18-13(9-22-2)19-23-14)15(21)11-4-10(7-17)5-12(16)6-11/h4-6H,3,8-9H2,1-2H3. The lowest BCUT2D eigenvalue weighted by molar-refractivity contribution is 0.0734. The van der Waals surface area contributed by atoms with Gasteiger partial charge in [-0.1, -0.05) is 5.16 Å². The Morgan fingerprint density at radius 3 is 2.91 bits per heavy atom. The van der Waals surface area contributed by atoms with Gasteiger partial charge in [0.25, 0.3) is 5.91 Å². The molecule has 2 aromatic rings. The van der Waals surface area contributed by atoms with E-state index in [-0.39, 0.29) is 30.2 Å². The van der Waals surface area contributed by atoms with Gasteiger partial charge >= 0.3 is 0 Å². The fourth-order valence-electron chi connectivity index (χ4n) is 1.99. The average Bonchev–Trinajstić information content (AvgIpc) is 2.99. The highest BCUT2D eigenvalue weighted by Gasteiger charge is 2.19. The van der Waals surface area contributed by atoms with Crippen molar-refractivity contribution in [1.82, 2.24) is 15.0 Å². The summed E-state index contributed by atoms with van der Waals surface area (Å²) >= 11 is 0. The molecule has 0 saturated heterocycles. The zero-order valence-electron chi connectivity index (χ0n) is 12.7. The van der Waals surface area contributed by atoms with Crippen molar-refractivity contribution in [1.29, 1.82) is 5.26 Å². The van der Waals surface area contributed by atoms with E-state index in [0.29, 0.717) is 12.4 Å². The Bertz CT molecular complexity index is 739. The quantitative estimate of drug-likeness (QED) is 0.807. The zero-order valence-corrected chi connectivity index (χ0v) is 12.7. The van der Waals surface area contributed by atoms with Crippen LogP contribution < -0.4 is 0 Å². The molecule has 0 aliphatic carbocycles. The third-order valence-electron chi connectivity index (χ3n) is 3.05. The lowest BCUT2D eigenvalue weighted by atomic mass is 10.1. The van der Waals surface area contributed by atoms with Crippen LogP contribution in [0.25, 0.3) is 0 Å². The molecular formula is C15H15FN4O3. The van der Waals surface area contributed by atoms with Crippen LogP contribution in [-0.4, -0.2) is 34.6 Å². The number of nitrogens with zero attached hydrogens (tertiary/aromatic N) is 4. The number of rotatable bonds is 6. The van der Waals surface area contributed by atoms with E-state index >= 15 is 0 Å². The van der Waals surface area contributed by atoms with E-state index in [4.69, 9.17) is 14.5 Å². The monoisotopic (exact) mass is 318 g/mol. The van der Waals surface area contributed by atoms with Gasteiger partial charge in [-0.15, -0.1) is 0 Å². The van der Waals surface area contributed by atoms with E-state index in [1.807, 2.05) is 6.07 Å². The number of methoxy groups -OCH3 is 1. The molecule has 0 saturated carbocycles. The molecule has 0 unspecified atom stereocenters. The zero-order chi connectivity index (χ0) is 16.8. The highest BCUT2D eigenvalue weighted by Crippen LogP contribution is 2.13. The maximum Gasteiger partial charge on any atom is 0.254 e. The number of amides is 1. The summed E-state index contributed by atoms with van der Waals surface area (Å²) in [7, 11) is 1.51. The summed E-state index contributed by atoms with van der Waals surface area (Å²) in [5.74, 6) is -0.425. The van der Waals surface area contributed by atoms with Crippen molar-refractivity contribution in [3.8, 4) is 6.07 Å². The first-order valence-electron chi connectivity index (χ1n) is 6.87. The molecule has 0 bridgehead atoms. The molecule has 0 spiro atoms. The molecule has 8 heteroatoms. The molecule has 0 aliphatic heterocycles. The summed E-state index contributed by atoms with van der Waals surface area (Å²) in [6.07, 6.45) is 0. The fraction of sp³-hybridized carbons (Fsp3) is 0.333. The Balaban J connectivity index is 2.18. The molecule has 120 valence electrons. The maximum absolute atomic E-state index is 13.5. The van der Waals surface area contributed by atoms with Gasteiger partial charge in [0.15, 0.2) is 5.82 Å². The molecular weight excluding hydrogens is 303 g/mol. The summed E-state index contributed by atoms with van der Waals surface area (Å²) in [6.45, 7) is 2.43. The first-order chi connectivity index (χ1) is 11.1. The second-order valence-electron chi connectivity index (χ2n) is 4.70. The number of ether oxygens (including phenoxy) is 1. The minimum Gasteiger partial charge on any atom is -0.377 e. The molecule has 2 rings (SSSR count). The predicted octanol–water partition coefficient (Wildman–Crippen LogP) is 1.89. The van der Waals surface area contributed by atoms with Gasteiger partial charge in [-0.3, -0.25) is 4.79 Å². The van der Waals surface area contributed by atoms with E-state index in [1.54, 1.807) is 6.92 Å². The second kappa shape index (κ2) is 7.47. The maximum atomic E-state index is 13.5. The lowest BCUT2D eigenvalue weighted by Crippen LogP contribution is -2.30. The van der Waals surface area contributed by atoms with Crippen LogP contribution in [0.4, 0.5) is 4.39 Å². The number of carbonyl (C=O) groups excluding carboxylic acids is 1. The largest absolute Gasteiger partial charge is 0.377 e. The van der Waals surface area contributed by atoms with Gasteiger partial charge in [0.05, 0.1) is 11.6 Å². The molecule has 0 N–H and O–H groups in total. The van der Waals surface area contributed by atoms with Crippen LogP contribution in [0.5, 0.6) is 0 Å². The van der Waals surface area contributed by atoms with Crippen LogP contribution in [0, 0.1) is 17.1 Å². The molecule has 0 aliphatic rings. The van der Waals surface area contributed by atoms with Crippen molar-refractivity contribution in [2.24, 2.45) is 0 Å². The van der Waals surface area contributed by atoms with Crippen LogP contribution in [0.2, 0.25) is 0 Å². The number of halogens is 1. The third-order valence-corrected chi connectivity index (χ3v) is 3.05. The lowest BCUT2D eigenvalue weighted by Gasteiger charge is -2.18. The van der Waals surface area contributed by atoms with Crippen molar-refractivity contribution in [2.45, 2.75) is 20.1 Å². The van der Waals surface area contributed by atoms with E-state index in [2.05, 4.69) is 10.1 Å². The van der Waals surface area contributed by atoms with Crippen LogP contribution in [0.1, 0.15) is 34.6 Å². The van der Waals surface area contributed by atoms with Crippen LogP contribution in [0.3, 0.4) is 0 Å². The predicted molar refractivity (Wildman–Crippen MR) is 76.5 cm³/mol. The number of hydrogen-bond donors (Lipinski definition) is 0. The number of hydrogen-bond acceptors (Lipinski definition) is 6. The Labute approximate surface area is 132 Å². The van der Waals surface area contributed by atoms with Crippen LogP contribution >= 0.6 is 0 Å². The summed E-state index contributed by atoms with van der Waals surface area (Å²) in [5, 5.41) is 12.6. The fourth-order valence-corrected chi connectivity index (χ4v) is 1.99. The normalized spacial score (nSPS) is 10.3. The summed E-state index contributed by atoms with van der Waals surface area (Å²) < 4.78 is 23.4. The van der Waals surface area contributed by atoms with Crippen molar-refractivity contribution < 1.29 is 18.4 Å². The van der Waals surface area contributed by atoms with Crippen LogP contribution in [0.15, 0.2) is 22.7 Å². The molecule has 1 aromatic carbocycles. The van der Waals surface area contributed by atoms with E-state index in [0.717, 1.165) is 12.1 Å². The number of nitriles is 1. The Morgan fingerprint density at radius 2 is 2.26 bits per heavy atom. The van der Waals surface area contributed by atoms with Crippen LogP contribution in [-0.2, 0) is 17.9 Å². The second-order valence-corrected chi connectivity index (χ2v) is 4.70. The van der Waals surface area contributed by atoms with E-state index < -0.39 is 11.7 Å². The van der Waals surface area contributed by atoms with Crippen molar-refractivity contribution in [2.75, 3.05) is 13.7 Å². The molecule has 0 atom stereocenters. The Hall–Kier alpha value is -2.79. The summed E-state index contributed by atoms with van der Waals surface area (Å²) in [4.78, 5) is 18.0. The Kier molecular flexibility index (Phi) is 5.38. The van der Waals surface area contributed by atoms with Crippen molar-refractivity contribution >= 4 is 5.91 Å². The average molecular weight is 318 g/mol. The first-order valence-corrected chi connectivity index (χ1v) is 6.87. The summed E-state index contributed by atoms with van der Waals surface area (Å²) in [5.41, 5.74) is 0.185. The topological polar surface area (TPSA) is 92.2 Å². The van der Waals surface area contributed by atoms with Gasteiger partial charge in [-0.05, 0) is 25.1 Å². The molecule has 7 nitrogen and oxygen atoms in total. The van der Waals surface area contributed by atoms with Gasteiger partial charge in [-0.25, -0.2) is 4.39 Å². The SMILES string of the molecule is CCN(Cc1nc(COC)no1)C(=O)c1cc(F)cc(C#N)c1. The molecule has 0 fully saturated rings. The smallest absolute Gasteiger partial charge is 0.254 e. The van der Waals surface area contributed by atoms with E-state index in [9.17, 15) is 9.18 Å². The number of aromatic nitrogens is 2. The minimum atomic E-state index is -0.636. The minimum absolute atomic E-state index is 0.0876. The van der Waals surface area contributed by atoms with Gasteiger partial charge in [0.2, 0.25) is 5.89 Å².